The molecule has 8 heteroatoms. The third kappa shape index (κ3) is 4.12. The first kappa shape index (κ1) is 17.3. The number of thiophene rings is 1. The van der Waals surface area contributed by atoms with E-state index in [1.54, 1.807) is 24.7 Å². The number of hydrogen-bond donors (Lipinski definition) is 1. The third-order valence-electron chi connectivity index (χ3n) is 4.30. The van der Waals surface area contributed by atoms with E-state index in [9.17, 15) is 8.42 Å². The summed E-state index contributed by atoms with van der Waals surface area (Å²) in [5.41, 5.74) is 0. The van der Waals surface area contributed by atoms with E-state index >= 15 is 0 Å². The lowest BCUT2D eigenvalue weighted by Crippen LogP contribution is -2.38. The van der Waals surface area contributed by atoms with E-state index in [0.717, 1.165) is 43.0 Å². The summed E-state index contributed by atoms with van der Waals surface area (Å²) >= 11 is 1.35. The third-order valence-corrected chi connectivity index (χ3v) is 7.45. The Morgan fingerprint density at radius 3 is 2.71 bits per heavy atom. The molecule has 1 N–H and O–H groups in total. The molecule has 0 radical (unpaired) electrons. The molecule has 3 heterocycles. The van der Waals surface area contributed by atoms with E-state index < -0.39 is 10.0 Å². The van der Waals surface area contributed by atoms with Crippen LogP contribution < -0.4 is 9.62 Å². The fourth-order valence-electron chi connectivity index (χ4n) is 2.81. The van der Waals surface area contributed by atoms with Crippen LogP contribution in [0.1, 0.15) is 24.6 Å². The van der Waals surface area contributed by atoms with Gasteiger partial charge in [0.2, 0.25) is 10.0 Å². The minimum absolute atomic E-state index is 0.360. The number of sulfonamides is 1. The molecule has 24 heavy (non-hydrogen) atoms. The first-order valence-electron chi connectivity index (χ1n) is 8.18. The molecule has 0 atom stereocenters. The van der Waals surface area contributed by atoms with Crippen LogP contribution in [0, 0.1) is 5.92 Å². The van der Waals surface area contributed by atoms with E-state index in [4.69, 9.17) is 0 Å². The van der Waals surface area contributed by atoms with Crippen LogP contribution in [0.3, 0.4) is 0 Å². The van der Waals surface area contributed by atoms with Gasteiger partial charge in [0.25, 0.3) is 0 Å². The summed E-state index contributed by atoms with van der Waals surface area (Å²) < 4.78 is 27.9. The molecule has 0 spiro atoms. The number of hydrogen-bond acceptors (Lipinski definition) is 6. The highest BCUT2D eigenvalue weighted by molar-refractivity contribution is 7.91. The second-order valence-corrected chi connectivity index (χ2v) is 9.08. The Labute approximate surface area is 147 Å². The Morgan fingerprint density at radius 1 is 1.29 bits per heavy atom. The van der Waals surface area contributed by atoms with Crippen LogP contribution in [0.2, 0.25) is 0 Å². The van der Waals surface area contributed by atoms with Gasteiger partial charge in [-0.15, -0.1) is 11.3 Å². The van der Waals surface area contributed by atoms with Crippen molar-refractivity contribution in [1.29, 1.82) is 0 Å². The van der Waals surface area contributed by atoms with Gasteiger partial charge in [-0.1, -0.05) is 6.92 Å². The van der Waals surface area contributed by atoms with Gasteiger partial charge in [-0.2, -0.15) is 0 Å². The molecule has 2 aromatic heterocycles. The van der Waals surface area contributed by atoms with Crippen molar-refractivity contribution >= 4 is 27.2 Å². The van der Waals surface area contributed by atoms with Crippen LogP contribution in [0.25, 0.3) is 0 Å². The molecule has 1 saturated heterocycles. The van der Waals surface area contributed by atoms with E-state index in [2.05, 4.69) is 19.6 Å². The summed E-state index contributed by atoms with van der Waals surface area (Å²) in [4.78, 5) is 11.7. The molecule has 0 amide bonds. The number of aryl methyl sites for hydroxylation is 1. The van der Waals surface area contributed by atoms with Crippen LogP contribution in [0.5, 0.6) is 0 Å². The van der Waals surface area contributed by atoms with Gasteiger partial charge in [0, 0.05) is 36.9 Å². The number of nitrogens with one attached hydrogen (secondary N) is 1. The Balaban J connectivity index is 1.51. The molecular formula is C16H22N4O2S2. The second-order valence-electron chi connectivity index (χ2n) is 5.92. The summed E-state index contributed by atoms with van der Waals surface area (Å²) in [6, 6.07) is 3.58. The van der Waals surface area contributed by atoms with Crippen molar-refractivity contribution < 1.29 is 8.42 Å². The van der Waals surface area contributed by atoms with E-state index in [0.29, 0.717) is 16.7 Å². The monoisotopic (exact) mass is 366 g/mol. The van der Waals surface area contributed by atoms with E-state index in [-0.39, 0.29) is 0 Å². The lowest BCUT2D eigenvalue weighted by Gasteiger charge is -2.32. The lowest BCUT2D eigenvalue weighted by atomic mass is 9.97. The van der Waals surface area contributed by atoms with Crippen LogP contribution in [-0.4, -0.2) is 38.0 Å². The molecule has 6 nitrogen and oxygen atoms in total. The number of aromatic nitrogens is 2. The lowest BCUT2D eigenvalue weighted by molar-refractivity contribution is 0.400. The quantitative estimate of drug-likeness (QED) is 0.849. The summed E-state index contributed by atoms with van der Waals surface area (Å²) in [6.07, 6.45) is 7.89. The summed E-state index contributed by atoms with van der Waals surface area (Å²) in [6.45, 7) is 4.28. The van der Waals surface area contributed by atoms with Crippen LogP contribution in [0.4, 0.5) is 5.82 Å². The second kappa shape index (κ2) is 7.58. The zero-order valence-corrected chi connectivity index (χ0v) is 15.3. The molecule has 1 aliphatic rings. The van der Waals surface area contributed by atoms with Crippen molar-refractivity contribution in [3.8, 4) is 0 Å². The summed E-state index contributed by atoms with van der Waals surface area (Å²) in [5, 5.41) is 0. The van der Waals surface area contributed by atoms with Gasteiger partial charge in [0.1, 0.15) is 10.0 Å². The van der Waals surface area contributed by atoms with Crippen molar-refractivity contribution in [3.05, 3.63) is 35.6 Å². The van der Waals surface area contributed by atoms with Crippen molar-refractivity contribution in [3.63, 3.8) is 0 Å². The highest BCUT2D eigenvalue weighted by Crippen LogP contribution is 2.24. The first-order chi connectivity index (χ1) is 11.6. The number of anilines is 1. The van der Waals surface area contributed by atoms with Crippen molar-refractivity contribution in [1.82, 2.24) is 14.7 Å². The minimum Gasteiger partial charge on any atom is -0.355 e. The topological polar surface area (TPSA) is 75.2 Å². The van der Waals surface area contributed by atoms with Gasteiger partial charge in [0.15, 0.2) is 0 Å². The van der Waals surface area contributed by atoms with Crippen LogP contribution >= 0.6 is 11.3 Å². The van der Waals surface area contributed by atoms with Crippen LogP contribution in [-0.2, 0) is 16.4 Å². The Hall–Kier alpha value is -1.51. The zero-order valence-electron chi connectivity index (χ0n) is 13.7. The standard InChI is InChI=1S/C16H22N4O2S2/c1-2-14-3-4-16(23-14)24(21,22)19-11-13-5-9-20(10-6-13)15-12-17-7-8-18-15/h3-4,7-8,12-13,19H,2,5-6,9-11H2,1H3. The van der Waals surface area contributed by atoms with Gasteiger partial charge in [-0.25, -0.2) is 18.1 Å². The molecule has 130 valence electrons. The van der Waals surface area contributed by atoms with Crippen LogP contribution in [0.15, 0.2) is 34.9 Å². The summed E-state index contributed by atoms with van der Waals surface area (Å²) in [7, 11) is -3.38. The minimum atomic E-state index is -3.38. The summed E-state index contributed by atoms with van der Waals surface area (Å²) in [5.74, 6) is 1.25. The van der Waals surface area contributed by atoms with E-state index in [1.807, 2.05) is 13.0 Å². The molecular weight excluding hydrogens is 344 g/mol. The Kier molecular flexibility index (Phi) is 5.47. The Bertz CT molecular complexity index is 753. The van der Waals surface area contributed by atoms with Crippen molar-refractivity contribution in [2.75, 3.05) is 24.5 Å². The molecule has 0 aromatic carbocycles. The molecule has 0 saturated carbocycles. The average Bonchev–Trinajstić information content (AvgIpc) is 3.11. The predicted octanol–water partition coefficient (Wildman–Crippen LogP) is 2.30. The van der Waals surface area contributed by atoms with Crippen molar-refractivity contribution in [2.24, 2.45) is 5.92 Å². The average molecular weight is 367 g/mol. The van der Waals surface area contributed by atoms with Gasteiger partial charge in [-0.05, 0) is 37.3 Å². The predicted molar refractivity (Wildman–Crippen MR) is 95.9 cm³/mol. The smallest absolute Gasteiger partial charge is 0.250 e. The van der Waals surface area contributed by atoms with Gasteiger partial charge < -0.3 is 4.90 Å². The normalized spacial score (nSPS) is 16.5. The molecule has 0 aliphatic carbocycles. The zero-order chi connectivity index (χ0) is 17.0. The number of piperidine rings is 1. The maximum atomic E-state index is 12.4. The SMILES string of the molecule is CCc1ccc(S(=O)(=O)NCC2CCN(c3cnccn3)CC2)s1. The van der Waals surface area contributed by atoms with Gasteiger partial charge >= 0.3 is 0 Å². The molecule has 1 fully saturated rings. The fourth-order valence-corrected chi connectivity index (χ4v) is 5.27. The maximum Gasteiger partial charge on any atom is 0.250 e. The Morgan fingerprint density at radius 2 is 2.08 bits per heavy atom. The fraction of sp³-hybridized carbons (Fsp3) is 0.500. The molecule has 2 aromatic rings. The largest absolute Gasteiger partial charge is 0.355 e. The van der Waals surface area contributed by atoms with Gasteiger partial charge in [-0.3, -0.25) is 4.98 Å². The van der Waals surface area contributed by atoms with Crippen molar-refractivity contribution in [2.45, 2.75) is 30.4 Å². The van der Waals surface area contributed by atoms with E-state index in [1.165, 1.54) is 11.3 Å². The molecule has 0 unspecified atom stereocenters. The first-order valence-corrected chi connectivity index (χ1v) is 10.5. The number of nitrogens with zero attached hydrogens (tertiary/aromatic N) is 3. The highest BCUT2D eigenvalue weighted by atomic mass is 32.2. The highest BCUT2D eigenvalue weighted by Gasteiger charge is 2.23. The van der Waals surface area contributed by atoms with Gasteiger partial charge in [0.05, 0.1) is 6.20 Å². The molecule has 3 rings (SSSR count). The number of rotatable bonds is 6. The maximum absolute atomic E-state index is 12.4. The molecule has 1 aliphatic heterocycles. The molecule has 0 bridgehead atoms.